The number of carboxylic acids is 2. The largest absolute Gasteiger partial charge is 0.480 e. The molecule has 134 valence electrons. The second-order valence-corrected chi connectivity index (χ2v) is 6.65. The number of halogens is 2. The maximum absolute atomic E-state index is 11.3. The number of hydrogen-bond acceptors (Lipinski definition) is 5. The predicted octanol–water partition coefficient (Wildman–Crippen LogP) is 0.459. The molecule has 1 aromatic heterocycles. The van der Waals surface area contributed by atoms with Crippen molar-refractivity contribution < 1.29 is 24.3 Å². The zero-order chi connectivity index (χ0) is 16.2. The van der Waals surface area contributed by atoms with E-state index in [1.807, 2.05) is 21.1 Å². The number of nitrogens with one attached hydrogen (secondary N) is 1. The number of H-pyrrole nitrogens is 1. The molecule has 0 aliphatic heterocycles. The first-order chi connectivity index (χ1) is 9.61. The minimum absolute atomic E-state index is 0. The number of carbonyl (C=O) groups is 2. The van der Waals surface area contributed by atoms with Gasteiger partial charge in [0.2, 0.25) is 0 Å². The fourth-order valence-corrected chi connectivity index (χ4v) is 2.47. The van der Waals surface area contributed by atoms with Crippen molar-refractivity contribution in [1.82, 2.24) is 9.97 Å². The molecule has 0 saturated heterocycles. The Kier molecular flexibility index (Phi) is 10.5. The summed E-state index contributed by atoms with van der Waals surface area (Å²) < 4.78 is 0.292. The summed E-state index contributed by atoms with van der Waals surface area (Å²) in [5.41, 5.74) is 6.10. The van der Waals surface area contributed by atoms with Gasteiger partial charge < -0.3 is 25.4 Å². The van der Waals surface area contributed by atoms with Gasteiger partial charge in [0.1, 0.15) is 6.04 Å². The highest BCUT2D eigenvalue weighted by atomic mass is 35.5. The van der Waals surface area contributed by atoms with Crippen molar-refractivity contribution in [1.29, 1.82) is 0 Å². The number of quaternary nitrogens is 1. The Morgan fingerprint density at radius 2 is 1.87 bits per heavy atom. The van der Waals surface area contributed by atoms with Gasteiger partial charge in [0.15, 0.2) is 11.2 Å². The van der Waals surface area contributed by atoms with Crippen LogP contribution in [-0.4, -0.2) is 75.6 Å². The maximum atomic E-state index is 11.3. The molecule has 0 radical (unpaired) electrons. The summed E-state index contributed by atoms with van der Waals surface area (Å²) in [4.78, 5) is 29.0. The quantitative estimate of drug-likeness (QED) is 0.375. The average Bonchev–Trinajstić information content (AvgIpc) is 2.78. The predicted molar refractivity (Wildman–Crippen MR) is 92.6 cm³/mol. The van der Waals surface area contributed by atoms with Gasteiger partial charge in [-0.1, -0.05) is 11.8 Å². The summed E-state index contributed by atoms with van der Waals surface area (Å²) >= 11 is 1.20. The van der Waals surface area contributed by atoms with Gasteiger partial charge in [-0.25, -0.2) is 9.78 Å². The van der Waals surface area contributed by atoms with E-state index >= 15 is 0 Å². The molecule has 0 saturated carbocycles. The summed E-state index contributed by atoms with van der Waals surface area (Å²) in [7, 11) is 5.45. The van der Waals surface area contributed by atoms with Crippen LogP contribution in [0.1, 0.15) is 5.69 Å². The van der Waals surface area contributed by atoms with Crippen LogP contribution in [0.3, 0.4) is 0 Å². The lowest BCUT2D eigenvalue weighted by molar-refractivity contribution is -0.887. The van der Waals surface area contributed by atoms with Crippen LogP contribution in [0.15, 0.2) is 11.4 Å². The fourth-order valence-electron chi connectivity index (χ4n) is 1.66. The number of nitrogens with two attached hydrogens (primary N) is 1. The minimum Gasteiger partial charge on any atom is -0.480 e. The first-order valence-electron chi connectivity index (χ1n) is 6.30. The number of thioether (sulfide) groups is 1. The van der Waals surface area contributed by atoms with E-state index in [1.54, 1.807) is 6.20 Å². The van der Waals surface area contributed by atoms with E-state index in [9.17, 15) is 14.7 Å². The second kappa shape index (κ2) is 9.99. The molecule has 1 heterocycles. The molecule has 23 heavy (non-hydrogen) atoms. The highest BCUT2D eigenvalue weighted by Gasteiger charge is 2.32. The Morgan fingerprint density at radius 1 is 1.30 bits per heavy atom. The van der Waals surface area contributed by atoms with Crippen LogP contribution in [0.25, 0.3) is 0 Å². The summed E-state index contributed by atoms with van der Waals surface area (Å²) in [6.45, 7) is 0. The van der Waals surface area contributed by atoms with E-state index < -0.39 is 24.0 Å². The van der Waals surface area contributed by atoms with Crippen molar-refractivity contribution in [3.05, 3.63) is 11.9 Å². The zero-order valence-electron chi connectivity index (χ0n) is 13.1. The number of hydrogen-bond donors (Lipinski definition) is 4. The first kappa shape index (κ1) is 24.3. The van der Waals surface area contributed by atoms with E-state index in [-0.39, 0.29) is 30.6 Å². The third kappa shape index (κ3) is 7.89. The molecule has 0 amide bonds. The summed E-state index contributed by atoms with van der Waals surface area (Å²) in [5, 5.41) is 18.5. The van der Waals surface area contributed by atoms with Gasteiger partial charge in [-0.3, -0.25) is 4.79 Å². The van der Waals surface area contributed by atoms with Crippen LogP contribution in [0, 0.1) is 0 Å². The molecule has 2 atom stereocenters. The van der Waals surface area contributed by atoms with Crippen molar-refractivity contribution in [2.75, 3.05) is 26.9 Å². The highest BCUT2D eigenvalue weighted by Crippen LogP contribution is 2.17. The first-order valence-corrected chi connectivity index (χ1v) is 7.28. The minimum atomic E-state index is -1.06. The standard InChI is InChI=1S/C12H20N4O4S.2ClH/c1-16(2,3)9(11(19)20)4-7-5-14-12(15-7)21-6-8(13)10(17)18;;/h5,8-9H,4,6,13H2,1-3H3,(H2-,14,15,17,18,19,20);2*1H/p+1. The van der Waals surface area contributed by atoms with E-state index in [2.05, 4.69) is 9.97 Å². The maximum Gasteiger partial charge on any atom is 0.362 e. The third-order valence-electron chi connectivity index (χ3n) is 2.96. The zero-order valence-corrected chi connectivity index (χ0v) is 15.5. The Balaban J connectivity index is 0. The number of imidazole rings is 1. The number of aromatic nitrogens is 2. The van der Waals surface area contributed by atoms with Gasteiger partial charge in [0.25, 0.3) is 0 Å². The topological polar surface area (TPSA) is 129 Å². The Labute approximate surface area is 151 Å². The Hall–Kier alpha value is -1.00. The van der Waals surface area contributed by atoms with Crippen LogP contribution >= 0.6 is 36.6 Å². The molecule has 0 fully saturated rings. The van der Waals surface area contributed by atoms with Gasteiger partial charge in [-0.15, -0.1) is 24.8 Å². The van der Waals surface area contributed by atoms with Crippen molar-refractivity contribution in [2.45, 2.75) is 23.7 Å². The van der Waals surface area contributed by atoms with Gasteiger partial charge >= 0.3 is 11.9 Å². The lowest BCUT2D eigenvalue weighted by Gasteiger charge is -2.30. The summed E-state index contributed by atoms with van der Waals surface area (Å²) in [6, 6.07) is -1.55. The number of aromatic amines is 1. The van der Waals surface area contributed by atoms with E-state index in [0.29, 0.717) is 21.8 Å². The fraction of sp³-hybridized carbons (Fsp3) is 0.583. The van der Waals surface area contributed by atoms with Gasteiger partial charge in [0.05, 0.1) is 27.6 Å². The molecule has 11 heteroatoms. The lowest BCUT2D eigenvalue weighted by atomic mass is 10.1. The van der Waals surface area contributed by atoms with Crippen LogP contribution in [0.5, 0.6) is 0 Å². The number of rotatable bonds is 8. The Morgan fingerprint density at radius 3 is 2.30 bits per heavy atom. The van der Waals surface area contributed by atoms with Crippen LogP contribution in [0.4, 0.5) is 0 Å². The molecule has 0 aromatic carbocycles. The summed E-state index contributed by atoms with van der Waals surface area (Å²) in [6.07, 6.45) is 1.89. The third-order valence-corrected chi connectivity index (χ3v) is 3.96. The number of aliphatic carboxylic acids is 2. The molecule has 0 spiro atoms. The number of carboxylic acid groups (broad SMARTS) is 2. The smallest absolute Gasteiger partial charge is 0.362 e. The van der Waals surface area contributed by atoms with Crippen LogP contribution in [0.2, 0.25) is 0 Å². The monoisotopic (exact) mass is 389 g/mol. The van der Waals surface area contributed by atoms with Crippen molar-refractivity contribution in [3.63, 3.8) is 0 Å². The SMILES string of the molecule is C[N+](C)(C)C(Cc1cnc(SCC(N)C(=O)O)[nH]1)C(=O)O.Cl.Cl. The Bertz CT molecular complexity index is 521. The lowest BCUT2D eigenvalue weighted by Crippen LogP contribution is -2.51. The normalized spacial score (nSPS) is 13.4. The van der Waals surface area contributed by atoms with Gasteiger partial charge in [-0.05, 0) is 0 Å². The average molecular weight is 390 g/mol. The molecule has 0 aliphatic carbocycles. The molecule has 1 rings (SSSR count). The molecule has 5 N–H and O–H groups in total. The second-order valence-electron chi connectivity index (χ2n) is 5.64. The molecule has 8 nitrogen and oxygen atoms in total. The van der Waals surface area contributed by atoms with Gasteiger partial charge in [0, 0.05) is 17.6 Å². The van der Waals surface area contributed by atoms with Crippen LogP contribution < -0.4 is 5.73 Å². The van der Waals surface area contributed by atoms with Crippen molar-refractivity contribution in [3.8, 4) is 0 Å². The molecule has 0 aliphatic rings. The molecule has 2 unspecified atom stereocenters. The van der Waals surface area contributed by atoms with E-state index in [0.717, 1.165) is 0 Å². The van der Waals surface area contributed by atoms with E-state index in [1.165, 1.54) is 11.8 Å². The van der Waals surface area contributed by atoms with Crippen molar-refractivity contribution >= 4 is 48.5 Å². The summed E-state index contributed by atoms with van der Waals surface area (Å²) in [5.74, 6) is -1.75. The highest BCUT2D eigenvalue weighted by molar-refractivity contribution is 7.99. The van der Waals surface area contributed by atoms with E-state index in [4.69, 9.17) is 10.8 Å². The molecular weight excluding hydrogens is 367 g/mol. The molecule has 1 aromatic rings. The number of likely N-dealkylation sites (N-methyl/N-ethyl adjacent to an activating group) is 1. The number of nitrogens with zero attached hydrogens (tertiary/aromatic N) is 2. The molecular formula is C12H23Cl2N4O4S+. The van der Waals surface area contributed by atoms with Crippen LogP contribution in [-0.2, 0) is 16.0 Å². The van der Waals surface area contributed by atoms with Crippen molar-refractivity contribution in [2.24, 2.45) is 5.73 Å². The molecule has 0 bridgehead atoms. The van der Waals surface area contributed by atoms with Gasteiger partial charge in [-0.2, -0.15) is 0 Å².